The molecule has 0 radical (unpaired) electrons. The topological polar surface area (TPSA) is 152 Å². The van der Waals surface area contributed by atoms with Gasteiger partial charge in [-0.15, -0.1) is 0 Å². The van der Waals surface area contributed by atoms with Crippen LogP contribution in [-0.4, -0.2) is 42.3 Å². The van der Waals surface area contributed by atoms with Gasteiger partial charge in [0, 0.05) is 31.3 Å². The molecule has 1 aliphatic rings. The molecule has 4 amide bonds. The van der Waals surface area contributed by atoms with E-state index in [2.05, 4.69) is 16.0 Å². The number of nitrogens with one attached hydrogen (secondary N) is 3. The molecular formula is C17H15N5O5. The Hall–Kier alpha value is -3.95. The first-order chi connectivity index (χ1) is 12.8. The summed E-state index contributed by atoms with van der Waals surface area (Å²) in [5, 5.41) is 6.93. The molecule has 1 aliphatic heterocycles. The van der Waals surface area contributed by atoms with Crippen LogP contribution in [0.4, 0.5) is 5.82 Å². The number of carbonyl (C=O) groups excluding carboxylic acids is 4. The molecule has 27 heavy (non-hydrogen) atoms. The van der Waals surface area contributed by atoms with Crippen LogP contribution in [0.3, 0.4) is 0 Å². The van der Waals surface area contributed by atoms with E-state index >= 15 is 0 Å². The quantitative estimate of drug-likeness (QED) is 0.510. The Balaban J connectivity index is 2.31. The molecule has 2 heterocycles. The molecule has 0 spiro atoms. The van der Waals surface area contributed by atoms with Crippen molar-refractivity contribution in [3.63, 3.8) is 0 Å². The van der Waals surface area contributed by atoms with Crippen LogP contribution < -0.4 is 27.2 Å². The fourth-order valence-electron chi connectivity index (χ4n) is 2.84. The maximum Gasteiger partial charge on any atom is 0.262 e. The number of amides is 4. The molecule has 10 heteroatoms. The number of fused-ring (bicyclic) bond motifs is 1. The van der Waals surface area contributed by atoms with Crippen molar-refractivity contribution in [3.05, 3.63) is 56.9 Å². The number of aromatic nitrogens is 1. The van der Waals surface area contributed by atoms with E-state index < -0.39 is 29.2 Å². The number of hydrogen-bond acceptors (Lipinski definition) is 6. The molecule has 5 N–H and O–H groups in total. The second kappa shape index (κ2) is 6.41. The largest absolute Gasteiger partial charge is 0.384 e. The van der Waals surface area contributed by atoms with Crippen molar-refractivity contribution in [2.45, 2.75) is 0 Å². The summed E-state index contributed by atoms with van der Waals surface area (Å²) in [4.78, 5) is 60.4. The van der Waals surface area contributed by atoms with Crippen LogP contribution in [0.2, 0.25) is 0 Å². The molecule has 138 valence electrons. The van der Waals surface area contributed by atoms with E-state index in [-0.39, 0.29) is 33.8 Å². The summed E-state index contributed by atoms with van der Waals surface area (Å²) < 4.78 is 0.968. The molecule has 0 aliphatic carbocycles. The number of anilines is 1. The molecule has 0 saturated heterocycles. The van der Waals surface area contributed by atoms with Crippen molar-refractivity contribution in [3.8, 4) is 5.69 Å². The monoisotopic (exact) mass is 369 g/mol. The minimum Gasteiger partial charge on any atom is -0.384 e. The smallest absolute Gasteiger partial charge is 0.262 e. The first-order valence-corrected chi connectivity index (χ1v) is 7.79. The summed E-state index contributed by atoms with van der Waals surface area (Å²) >= 11 is 0. The molecule has 1 aromatic heterocycles. The number of hydrogen-bond donors (Lipinski definition) is 4. The number of carbonyl (C=O) groups is 4. The highest BCUT2D eigenvalue weighted by atomic mass is 16.2. The van der Waals surface area contributed by atoms with Gasteiger partial charge in [0.25, 0.3) is 29.2 Å². The lowest BCUT2D eigenvalue weighted by molar-refractivity contribution is 0.0877. The van der Waals surface area contributed by atoms with Crippen LogP contribution in [0.25, 0.3) is 5.69 Å². The zero-order valence-electron chi connectivity index (χ0n) is 14.4. The van der Waals surface area contributed by atoms with Gasteiger partial charge in [0.05, 0.1) is 16.8 Å². The van der Waals surface area contributed by atoms with Crippen LogP contribution in [0.15, 0.2) is 29.1 Å². The summed E-state index contributed by atoms with van der Waals surface area (Å²) in [5.41, 5.74) is 5.38. The van der Waals surface area contributed by atoms with E-state index in [4.69, 9.17) is 5.73 Å². The molecule has 0 atom stereocenters. The van der Waals surface area contributed by atoms with Gasteiger partial charge in [-0.2, -0.15) is 0 Å². The average Bonchev–Trinajstić information content (AvgIpc) is 2.93. The third-order valence-corrected chi connectivity index (χ3v) is 4.11. The van der Waals surface area contributed by atoms with Gasteiger partial charge in [0.15, 0.2) is 0 Å². The standard InChI is InChI=1S/C17H15N5O5/c1-19-14(24)7-3-8(15(25)20-2)5-9(4-7)22-11(23)6-10-12(13(22)18)17(27)21-16(10)26/h3-6H,18H2,1-2H3,(H,19,24)(H,20,25)(H,21,26,27). The van der Waals surface area contributed by atoms with Crippen molar-refractivity contribution >= 4 is 29.4 Å². The molecule has 0 saturated carbocycles. The predicted molar refractivity (Wildman–Crippen MR) is 95.0 cm³/mol. The highest BCUT2D eigenvalue weighted by molar-refractivity contribution is 6.23. The number of benzene rings is 1. The molecule has 0 fully saturated rings. The zero-order chi connectivity index (χ0) is 19.9. The van der Waals surface area contributed by atoms with Gasteiger partial charge in [0.2, 0.25) is 0 Å². The number of imide groups is 1. The summed E-state index contributed by atoms with van der Waals surface area (Å²) in [7, 11) is 2.83. The van der Waals surface area contributed by atoms with Gasteiger partial charge in [-0.1, -0.05) is 0 Å². The number of pyridine rings is 1. The van der Waals surface area contributed by atoms with Crippen molar-refractivity contribution in [2.75, 3.05) is 19.8 Å². The number of rotatable bonds is 3. The van der Waals surface area contributed by atoms with Crippen LogP contribution in [0.5, 0.6) is 0 Å². The molecule has 2 aromatic rings. The third-order valence-electron chi connectivity index (χ3n) is 4.11. The lowest BCUT2D eigenvalue weighted by atomic mass is 10.1. The van der Waals surface area contributed by atoms with E-state index in [1.807, 2.05) is 0 Å². The minimum absolute atomic E-state index is 0.104. The van der Waals surface area contributed by atoms with Crippen molar-refractivity contribution < 1.29 is 19.2 Å². The first kappa shape index (κ1) is 17.9. The Kier molecular flexibility index (Phi) is 4.24. The second-order valence-corrected chi connectivity index (χ2v) is 5.70. The second-order valence-electron chi connectivity index (χ2n) is 5.70. The van der Waals surface area contributed by atoms with E-state index in [0.29, 0.717) is 0 Å². The minimum atomic E-state index is -0.727. The van der Waals surface area contributed by atoms with Gasteiger partial charge < -0.3 is 16.4 Å². The van der Waals surface area contributed by atoms with Crippen LogP contribution in [-0.2, 0) is 0 Å². The summed E-state index contributed by atoms with van der Waals surface area (Å²) in [5.74, 6) is -2.67. The number of nitrogens with two attached hydrogens (primary N) is 1. The molecule has 0 unspecified atom stereocenters. The zero-order valence-corrected chi connectivity index (χ0v) is 14.4. The Labute approximate surface area is 152 Å². The van der Waals surface area contributed by atoms with E-state index in [9.17, 15) is 24.0 Å². The fourth-order valence-corrected chi connectivity index (χ4v) is 2.84. The molecular weight excluding hydrogens is 354 g/mol. The Bertz CT molecular complexity index is 1050. The van der Waals surface area contributed by atoms with Crippen molar-refractivity contribution in [1.29, 1.82) is 0 Å². The SMILES string of the molecule is CNC(=O)c1cc(C(=O)NC)cc(-n2c(N)c3c(cc2=O)C(=O)NC3=O)c1. The lowest BCUT2D eigenvalue weighted by Crippen LogP contribution is -2.26. The van der Waals surface area contributed by atoms with Crippen molar-refractivity contribution in [1.82, 2.24) is 20.5 Å². The van der Waals surface area contributed by atoms with Gasteiger partial charge >= 0.3 is 0 Å². The van der Waals surface area contributed by atoms with E-state index in [1.165, 1.54) is 32.3 Å². The highest BCUT2D eigenvalue weighted by Crippen LogP contribution is 2.24. The number of nitrogen functional groups attached to an aromatic ring is 1. The Morgan fingerprint density at radius 1 is 0.926 bits per heavy atom. The van der Waals surface area contributed by atoms with Crippen LogP contribution in [0.1, 0.15) is 41.4 Å². The summed E-state index contributed by atoms with van der Waals surface area (Å²) in [6.07, 6.45) is 0. The highest BCUT2D eigenvalue weighted by Gasteiger charge is 2.32. The normalized spacial score (nSPS) is 12.4. The summed E-state index contributed by atoms with van der Waals surface area (Å²) in [6, 6.07) is 5.04. The fraction of sp³-hybridized carbons (Fsp3) is 0.118. The van der Waals surface area contributed by atoms with Crippen molar-refractivity contribution in [2.24, 2.45) is 0 Å². The number of nitrogens with zero attached hydrogens (tertiary/aromatic N) is 1. The Morgan fingerprint density at radius 3 is 2.00 bits per heavy atom. The molecule has 10 nitrogen and oxygen atoms in total. The summed E-state index contributed by atoms with van der Waals surface area (Å²) in [6.45, 7) is 0. The Morgan fingerprint density at radius 2 is 1.48 bits per heavy atom. The molecule has 0 bridgehead atoms. The van der Waals surface area contributed by atoms with Gasteiger partial charge in [-0.05, 0) is 18.2 Å². The predicted octanol–water partition coefficient (Wildman–Crippen LogP) is -0.977. The van der Waals surface area contributed by atoms with Gasteiger partial charge in [-0.25, -0.2) is 0 Å². The lowest BCUT2D eigenvalue weighted by Gasteiger charge is -2.14. The third kappa shape index (κ3) is 2.82. The van der Waals surface area contributed by atoms with Gasteiger partial charge in [-0.3, -0.25) is 33.9 Å². The average molecular weight is 369 g/mol. The molecule has 3 rings (SSSR count). The first-order valence-electron chi connectivity index (χ1n) is 7.79. The van der Waals surface area contributed by atoms with Gasteiger partial charge in [0.1, 0.15) is 5.82 Å². The maximum absolute atomic E-state index is 12.5. The van der Waals surface area contributed by atoms with Crippen LogP contribution >= 0.6 is 0 Å². The molecule has 1 aromatic carbocycles. The van der Waals surface area contributed by atoms with Crippen LogP contribution in [0, 0.1) is 0 Å². The maximum atomic E-state index is 12.5. The van der Waals surface area contributed by atoms with E-state index in [0.717, 1.165) is 10.6 Å². The van der Waals surface area contributed by atoms with E-state index in [1.54, 1.807) is 0 Å².